The summed E-state index contributed by atoms with van der Waals surface area (Å²) in [6.07, 6.45) is 0.281. The Kier molecular flexibility index (Phi) is 3.39. The Labute approximate surface area is 110 Å². The van der Waals surface area contributed by atoms with Gasteiger partial charge in [0, 0.05) is 29.0 Å². The van der Waals surface area contributed by atoms with Crippen LogP contribution in [0.3, 0.4) is 0 Å². The summed E-state index contributed by atoms with van der Waals surface area (Å²) in [5.41, 5.74) is 8.46. The van der Waals surface area contributed by atoms with Crippen LogP contribution in [0, 0.1) is 6.92 Å². The number of rotatable bonds is 3. The van der Waals surface area contributed by atoms with Crippen LogP contribution in [0.2, 0.25) is 5.02 Å². The molecule has 0 aliphatic carbocycles. The first-order valence-corrected chi connectivity index (χ1v) is 5.93. The lowest BCUT2D eigenvalue weighted by atomic mass is 10.0. The SMILES string of the molecule is Cc1cc(CC(=O)c2ccc(Cl)cc2N)n(C)n1. The molecule has 4 nitrogen and oxygen atoms in total. The number of hydrogen-bond donors (Lipinski definition) is 1. The van der Waals surface area contributed by atoms with E-state index in [9.17, 15) is 4.79 Å². The van der Waals surface area contributed by atoms with Gasteiger partial charge in [-0.15, -0.1) is 0 Å². The summed E-state index contributed by atoms with van der Waals surface area (Å²) < 4.78 is 1.71. The molecule has 0 saturated heterocycles. The predicted octanol–water partition coefficient (Wildman–Crippen LogP) is 2.39. The number of aryl methyl sites for hydroxylation is 2. The molecule has 0 aliphatic heterocycles. The van der Waals surface area contributed by atoms with Gasteiger partial charge in [-0.1, -0.05) is 11.6 Å². The van der Waals surface area contributed by atoms with Crippen LogP contribution in [0.1, 0.15) is 21.7 Å². The van der Waals surface area contributed by atoms with Crippen molar-refractivity contribution in [3.63, 3.8) is 0 Å². The minimum absolute atomic E-state index is 0.0350. The van der Waals surface area contributed by atoms with Gasteiger partial charge in [-0.2, -0.15) is 5.10 Å². The van der Waals surface area contributed by atoms with Gasteiger partial charge in [-0.3, -0.25) is 9.48 Å². The van der Waals surface area contributed by atoms with Crippen molar-refractivity contribution < 1.29 is 4.79 Å². The number of nitrogens with two attached hydrogens (primary N) is 1. The number of hydrogen-bond acceptors (Lipinski definition) is 3. The molecule has 1 heterocycles. The van der Waals surface area contributed by atoms with Crippen molar-refractivity contribution in [1.82, 2.24) is 9.78 Å². The first-order chi connectivity index (χ1) is 8.47. The molecule has 0 atom stereocenters. The van der Waals surface area contributed by atoms with E-state index in [4.69, 9.17) is 17.3 Å². The van der Waals surface area contributed by atoms with Crippen LogP contribution in [-0.4, -0.2) is 15.6 Å². The third-order valence-electron chi connectivity index (χ3n) is 2.75. The van der Waals surface area contributed by atoms with Gasteiger partial charge < -0.3 is 5.73 Å². The summed E-state index contributed by atoms with van der Waals surface area (Å²) in [5.74, 6) is -0.0350. The molecule has 0 spiro atoms. The van der Waals surface area contributed by atoms with Crippen LogP contribution >= 0.6 is 11.6 Å². The van der Waals surface area contributed by atoms with E-state index < -0.39 is 0 Å². The molecule has 0 amide bonds. The van der Waals surface area contributed by atoms with Gasteiger partial charge in [0.2, 0.25) is 0 Å². The Bertz CT molecular complexity index is 604. The van der Waals surface area contributed by atoms with Gasteiger partial charge >= 0.3 is 0 Å². The Hall–Kier alpha value is -1.81. The first kappa shape index (κ1) is 12.6. The average Bonchev–Trinajstić information content (AvgIpc) is 2.57. The van der Waals surface area contributed by atoms with E-state index in [1.807, 2.05) is 20.0 Å². The summed E-state index contributed by atoms with van der Waals surface area (Å²) in [4.78, 5) is 12.1. The zero-order chi connectivity index (χ0) is 13.3. The fourth-order valence-electron chi connectivity index (χ4n) is 1.88. The highest BCUT2D eigenvalue weighted by Crippen LogP contribution is 2.19. The van der Waals surface area contributed by atoms with Crippen molar-refractivity contribution in [1.29, 1.82) is 0 Å². The molecule has 0 saturated carbocycles. The molecular formula is C13H14ClN3O. The van der Waals surface area contributed by atoms with Crippen LogP contribution in [0.25, 0.3) is 0 Å². The second-order valence-electron chi connectivity index (χ2n) is 4.23. The van der Waals surface area contributed by atoms with Gasteiger partial charge in [0.1, 0.15) is 0 Å². The number of carbonyl (C=O) groups is 1. The van der Waals surface area contributed by atoms with Crippen LogP contribution < -0.4 is 5.73 Å². The van der Waals surface area contributed by atoms with Crippen molar-refractivity contribution in [2.45, 2.75) is 13.3 Å². The molecule has 0 bridgehead atoms. The third kappa shape index (κ3) is 2.54. The van der Waals surface area contributed by atoms with E-state index in [1.54, 1.807) is 22.9 Å². The highest BCUT2D eigenvalue weighted by Gasteiger charge is 2.13. The molecule has 1 aromatic heterocycles. The second-order valence-corrected chi connectivity index (χ2v) is 4.67. The van der Waals surface area contributed by atoms with Gasteiger partial charge in [-0.25, -0.2) is 0 Å². The van der Waals surface area contributed by atoms with Crippen molar-refractivity contribution in [2.24, 2.45) is 7.05 Å². The number of Topliss-reactive ketones (excluding diaryl/α,β-unsaturated/α-hetero) is 1. The summed E-state index contributed by atoms with van der Waals surface area (Å²) in [6, 6.07) is 6.80. The molecule has 2 N–H and O–H groups in total. The number of anilines is 1. The molecule has 2 aromatic rings. The standard InChI is InChI=1S/C13H14ClN3O/c1-8-5-10(17(2)16-8)7-13(18)11-4-3-9(14)6-12(11)15/h3-6H,7,15H2,1-2H3. The summed E-state index contributed by atoms with van der Waals surface area (Å²) >= 11 is 5.80. The lowest BCUT2D eigenvalue weighted by Crippen LogP contribution is -2.10. The van der Waals surface area contributed by atoms with E-state index in [2.05, 4.69) is 5.10 Å². The maximum absolute atomic E-state index is 12.1. The average molecular weight is 264 g/mol. The largest absolute Gasteiger partial charge is 0.398 e. The summed E-state index contributed by atoms with van der Waals surface area (Å²) in [5, 5.41) is 4.73. The lowest BCUT2D eigenvalue weighted by Gasteiger charge is -2.05. The van der Waals surface area contributed by atoms with Crippen molar-refractivity contribution >= 4 is 23.1 Å². The second kappa shape index (κ2) is 4.82. The smallest absolute Gasteiger partial charge is 0.170 e. The van der Waals surface area contributed by atoms with Gasteiger partial charge in [0.25, 0.3) is 0 Å². The fourth-order valence-corrected chi connectivity index (χ4v) is 2.06. The quantitative estimate of drug-likeness (QED) is 0.683. The first-order valence-electron chi connectivity index (χ1n) is 5.55. The van der Waals surface area contributed by atoms with E-state index in [-0.39, 0.29) is 12.2 Å². The van der Waals surface area contributed by atoms with E-state index in [1.165, 1.54) is 0 Å². The van der Waals surface area contributed by atoms with E-state index in [0.717, 1.165) is 11.4 Å². The van der Waals surface area contributed by atoms with Gasteiger partial charge in [0.15, 0.2) is 5.78 Å². The molecule has 0 unspecified atom stereocenters. The molecule has 2 rings (SSSR count). The van der Waals surface area contributed by atoms with Gasteiger partial charge in [-0.05, 0) is 31.2 Å². The maximum atomic E-state index is 12.1. The molecule has 0 radical (unpaired) electrons. The van der Waals surface area contributed by atoms with Crippen LogP contribution in [0.4, 0.5) is 5.69 Å². The zero-order valence-electron chi connectivity index (χ0n) is 10.3. The highest BCUT2D eigenvalue weighted by molar-refractivity contribution is 6.31. The number of halogens is 1. The summed E-state index contributed by atoms with van der Waals surface area (Å²) in [7, 11) is 1.82. The number of nitrogen functional groups attached to an aromatic ring is 1. The zero-order valence-corrected chi connectivity index (χ0v) is 11.0. The number of ketones is 1. The predicted molar refractivity (Wildman–Crippen MR) is 71.8 cm³/mol. The van der Waals surface area contributed by atoms with Gasteiger partial charge in [0.05, 0.1) is 12.1 Å². The molecule has 5 heteroatoms. The van der Waals surface area contributed by atoms with Crippen LogP contribution in [0.15, 0.2) is 24.3 Å². The van der Waals surface area contributed by atoms with Crippen molar-refractivity contribution in [3.05, 3.63) is 46.2 Å². The minimum atomic E-state index is -0.0350. The highest BCUT2D eigenvalue weighted by atomic mass is 35.5. The Morgan fingerprint density at radius 3 is 2.72 bits per heavy atom. The number of nitrogens with zero attached hydrogens (tertiary/aromatic N) is 2. The minimum Gasteiger partial charge on any atom is -0.398 e. The fraction of sp³-hybridized carbons (Fsp3) is 0.231. The number of aromatic nitrogens is 2. The van der Waals surface area contributed by atoms with Crippen LogP contribution in [-0.2, 0) is 13.5 Å². The van der Waals surface area contributed by atoms with E-state index >= 15 is 0 Å². The Morgan fingerprint density at radius 2 is 2.17 bits per heavy atom. The monoisotopic (exact) mass is 263 g/mol. The third-order valence-corrected chi connectivity index (χ3v) is 2.99. The number of carbonyl (C=O) groups excluding carboxylic acids is 1. The Morgan fingerprint density at radius 1 is 1.44 bits per heavy atom. The van der Waals surface area contributed by atoms with E-state index in [0.29, 0.717) is 16.3 Å². The lowest BCUT2D eigenvalue weighted by molar-refractivity contribution is 0.0991. The molecule has 94 valence electrons. The van der Waals surface area contributed by atoms with Crippen LogP contribution in [0.5, 0.6) is 0 Å². The normalized spacial score (nSPS) is 10.6. The number of benzene rings is 1. The summed E-state index contributed by atoms with van der Waals surface area (Å²) in [6.45, 7) is 1.89. The molecule has 18 heavy (non-hydrogen) atoms. The van der Waals surface area contributed by atoms with Crippen molar-refractivity contribution in [2.75, 3.05) is 5.73 Å². The maximum Gasteiger partial charge on any atom is 0.170 e. The molecule has 0 aliphatic rings. The molecular weight excluding hydrogens is 250 g/mol. The molecule has 1 aromatic carbocycles. The van der Waals surface area contributed by atoms with Crippen molar-refractivity contribution in [3.8, 4) is 0 Å². The molecule has 0 fully saturated rings. The topological polar surface area (TPSA) is 60.9 Å². The Balaban J connectivity index is 2.24.